The summed E-state index contributed by atoms with van der Waals surface area (Å²) < 4.78 is 4.56. The van der Waals surface area contributed by atoms with Gasteiger partial charge in [-0.1, -0.05) is 12.1 Å². The van der Waals surface area contributed by atoms with Crippen LogP contribution in [-0.2, 0) is 9.63 Å². The molecule has 0 aliphatic carbocycles. The number of aromatic nitrogens is 4. The molecule has 23 heavy (non-hydrogen) atoms. The third-order valence-corrected chi connectivity index (χ3v) is 3.10. The Morgan fingerprint density at radius 2 is 2.13 bits per heavy atom. The van der Waals surface area contributed by atoms with Gasteiger partial charge in [-0.05, 0) is 41.4 Å². The van der Waals surface area contributed by atoms with Crippen LogP contribution in [0.5, 0.6) is 0 Å². The number of aryl methyl sites for hydroxylation is 2. The molecule has 2 heterocycles. The third-order valence-electron chi connectivity index (χ3n) is 3.10. The molecule has 0 atom stereocenters. The molecule has 2 aromatic heterocycles. The SMILES string of the molecule is Cc1ccc(C)c(NC(=O)CONc2ncnc3nonc23)c1. The summed E-state index contributed by atoms with van der Waals surface area (Å²) in [5, 5.41) is 10.0. The fourth-order valence-electron chi connectivity index (χ4n) is 1.92. The Balaban J connectivity index is 1.57. The fraction of sp³-hybridized carbons (Fsp3) is 0.214. The van der Waals surface area contributed by atoms with Crippen LogP contribution >= 0.6 is 0 Å². The Labute approximate surface area is 131 Å². The van der Waals surface area contributed by atoms with Crippen LogP contribution in [0.4, 0.5) is 11.5 Å². The molecule has 0 aliphatic rings. The summed E-state index contributed by atoms with van der Waals surface area (Å²) >= 11 is 0. The maximum Gasteiger partial charge on any atom is 0.253 e. The van der Waals surface area contributed by atoms with Crippen LogP contribution in [0.2, 0.25) is 0 Å². The number of amides is 1. The highest BCUT2D eigenvalue weighted by Crippen LogP contribution is 2.16. The number of hydrogen-bond donors (Lipinski definition) is 2. The molecule has 118 valence electrons. The van der Waals surface area contributed by atoms with E-state index in [4.69, 9.17) is 4.84 Å². The first-order valence-electron chi connectivity index (χ1n) is 6.81. The lowest BCUT2D eigenvalue weighted by atomic mass is 10.1. The van der Waals surface area contributed by atoms with E-state index in [0.29, 0.717) is 11.2 Å². The highest BCUT2D eigenvalue weighted by Gasteiger charge is 2.10. The van der Waals surface area contributed by atoms with E-state index >= 15 is 0 Å². The van der Waals surface area contributed by atoms with E-state index in [1.54, 1.807) is 0 Å². The smallest absolute Gasteiger partial charge is 0.253 e. The van der Waals surface area contributed by atoms with Gasteiger partial charge < -0.3 is 5.32 Å². The van der Waals surface area contributed by atoms with Gasteiger partial charge in [-0.3, -0.25) is 9.63 Å². The molecule has 2 N–H and O–H groups in total. The Hall–Kier alpha value is -3.07. The fourth-order valence-corrected chi connectivity index (χ4v) is 1.92. The molecule has 9 nitrogen and oxygen atoms in total. The first-order valence-corrected chi connectivity index (χ1v) is 6.81. The largest absolute Gasteiger partial charge is 0.324 e. The molecule has 0 saturated heterocycles. The molecule has 0 fully saturated rings. The normalized spacial score (nSPS) is 10.7. The van der Waals surface area contributed by atoms with Crippen molar-refractivity contribution in [1.29, 1.82) is 0 Å². The van der Waals surface area contributed by atoms with Crippen LogP contribution < -0.4 is 10.8 Å². The molecule has 0 unspecified atom stereocenters. The van der Waals surface area contributed by atoms with E-state index in [9.17, 15) is 4.79 Å². The molecule has 0 aliphatic heterocycles. The average Bonchev–Trinajstić information content (AvgIpc) is 3.00. The number of nitrogens with zero attached hydrogens (tertiary/aromatic N) is 4. The Morgan fingerprint density at radius 3 is 3.00 bits per heavy atom. The molecule has 1 aromatic carbocycles. The summed E-state index contributed by atoms with van der Waals surface area (Å²) in [7, 11) is 0. The molecular formula is C14H14N6O3. The monoisotopic (exact) mass is 314 g/mol. The van der Waals surface area contributed by atoms with Crippen LogP contribution in [-0.4, -0.2) is 32.8 Å². The van der Waals surface area contributed by atoms with Crippen LogP contribution in [0.15, 0.2) is 29.2 Å². The maximum atomic E-state index is 11.9. The first-order chi connectivity index (χ1) is 11.1. The second-order valence-corrected chi connectivity index (χ2v) is 4.92. The minimum Gasteiger partial charge on any atom is -0.324 e. The van der Waals surface area contributed by atoms with Crippen molar-refractivity contribution in [1.82, 2.24) is 20.3 Å². The second-order valence-electron chi connectivity index (χ2n) is 4.92. The zero-order valence-electron chi connectivity index (χ0n) is 12.5. The predicted molar refractivity (Wildman–Crippen MR) is 81.5 cm³/mol. The standard InChI is InChI=1S/C14H14N6O3/c1-8-3-4-9(2)10(5-8)17-11(21)6-22-19-13-12-14(16-7-15-13)20-23-18-12/h3-5,7H,6H2,1-2H3,(H,17,21)(H,15,16,19,20). The Morgan fingerprint density at radius 1 is 1.26 bits per heavy atom. The van der Waals surface area contributed by atoms with Crippen molar-refractivity contribution in [2.75, 3.05) is 17.4 Å². The van der Waals surface area contributed by atoms with Crippen LogP contribution in [0.1, 0.15) is 11.1 Å². The van der Waals surface area contributed by atoms with Gasteiger partial charge in [-0.15, -0.1) is 0 Å². The van der Waals surface area contributed by atoms with Gasteiger partial charge in [-0.25, -0.2) is 20.1 Å². The topological polar surface area (TPSA) is 115 Å². The van der Waals surface area contributed by atoms with Crippen molar-refractivity contribution < 1.29 is 14.3 Å². The molecule has 0 spiro atoms. The van der Waals surface area contributed by atoms with E-state index in [1.165, 1.54) is 6.33 Å². The first kappa shape index (κ1) is 14.9. The number of benzene rings is 1. The molecule has 0 radical (unpaired) electrons. The summed E-state index contributed by atoms with van der Waals surface area (Å²) in [6, 6.07) is 5.82. The summed E-state index contributed by atoms with van der Waals surface area (Å²) in [5.74, 6) is -0.0226. The number of fused-ring (bicyclic) bond motifs is 1. The lowest BCUT2D eigenvalue weighted by molar-refractivity contribution is -0.119. The van der Waals surface area contributed by atoms with Crippen LogP contribution in [0.25, 0.3) is 11.2 Å². The quantitative estimate of drug-likeness (QED) is 0.682. The minimum atomic E-state index is -0.297. The molecule has 3 aromatic rings. The highest BCUT2D eigenvalue weighted by molar-refractivity contribution is 5.92. The van der Waals surface area contributed by atoms with Crippen molar-refractivity contribution in [2.24, 2.45) is 0 Å². The lowest BCUT2D eigenvalue weighted by Crippen LogP contribution is -2.21. The van der Waals surface area contributed by atoms with Gasteiger partial charge in [0.2, 0.25) is 5.65 Å². The van der Waals surface area contributed by atoms with Crippen LogP contribution in [0, 0.1) is 13.8 Å². The van der Waals surface area contributed by atoms with E-state index in [2.05, 4.69) is 35.7 Å². The number of rotatable bonds is 5. The zero-order chi connectivity index (χ0) is 16.2. The molecule has 0 bridgehead atoms. The number of nitrogens with one attached hydrogen (secondary N) is 2. The molecule has 1 amide bonds. The molecule has 3 rings (SSSR count). The lowest BCUT2D eigenvalue weighted by Gasteiger charge is -2.10. The molecular weight excluding hydrogens is 300 g/mol. The summed E-state index contributed by atoms with van der Waals surface area (Å²) in [6.45, 7) is 3.67. The summed E-state index contributed by atoms with van der Waals surface area (Å²) in [6.07, 6.45) is 1.29. The number of carbonyl (C=O) groups excluding carboxylic acids is 1. The summed E-state index contributed by atoms with van der Waals surface area (Å²) in [5.41, 5.74) is 5.95. The van der Waals surface area contributed by atoms with Crippen molar-refractivity contribution >= 4 is 28.6 Å². The predicted octanol–water partition coefficient (Wildman–Crippen LogP) is 1.61. The van der Waals surface area contributed by atoms with E-state index in [-0.39, 0.29) is 18.3 Å². The molecule has 9 heteroatoms. The van der Waals surface area contributed by atoms with Gasteiger partial charge >= 0.3 is 0 Å². The number of carbonyl (C=O) groups is 1. The van der Waals surface area contributed by atoms with E-state index in [0.717, 1.165) is 16.8 Å². The van der Waals surface area contributed by atoms with Crippen LogP contribution in [0.3, 0.4) is 0 Å². The second kappa shape index (κ2) is 6.36. The van der Waals surface area contributed by atoms with Gasteiger partial charge in [0.15, 0.2) is 17.9 Å². The highest BCUT2D eigenvalue weighted by atomic mass is 16.6. The van der Waals surface area contributed by atoms with Crippen molar-refractivity contribution in [2.45, 2.75) is 13.8 Å². The number of hydrogen-bond acceptors (Lipinski definition) is 8. The van der Waals surface area contributed by atoms with Gasteiger partial charge in [0.05, 0.1) is 0 Å². The third kappa shape index (κ3) is 3.40. The van der Waals surface area contributed by atoms with E-state index < -0.39 is 0 Å². The zero-order valence-corrected chi connectivity index (χ0v) is 12.5. The van der Waals surface area contributed by atoms with Gasteiger partial charge in [0.1, 0.15) is 6.33 Å². The van der Waals surface area contributed by atoms with Gasteiger partial charge in [-0.2, -0.15) is 0 Å². The van der Waals surface area contributed by atoms with Gasteiger partial charge in [0.25, 0.3) is 5.91 Å². The van der Waals surface area contributed by atoms with Crippen molar-refractivity contribution in [3.8, 4) is 0 Å². The summed E-state index contributed by atoms with van der Waals surface area (Å²) in [4.78, 5) is 24.9. The molecule has 0 saturated carbocycles. The maximum absolute atomic E-state index is 11.9. The van der Waals surface area contributed by atoms with Crippen molar-refractivity contribution in [3.63, 3.8) is 0 Å². The minimum absolute atomic E-state index is 0.204. The average molecular weight is 314 g/mol. The van der Waals surface area contributed by atoms with Gasteiger partial charge in [0, 0.05) is 5.69 Å². The van der Waals surface area contributed by atoms with E-state index in [1.807, 2.05) is 32.0 Å². The number of anilines is 2. The Bertz CT molecular complexity index is 847. The Kier molecular flexibility index (Phi) is 4.11. The van der Waals surface area contributed by atoms with Crippen molar-refractivity contribution in [3.05, 3.63) is 35.7 Å².